The molecule has 0 aliphatic heterocycles. The second-order valence-electron chi connectivity index (χ2n) is 16.7. The maximum absolute atomic E-state index is 14.7. The number of aliphatic hydroxyl groups excluding tert-OH is 5. The Labute approximate surface area is 288 Å². The number of methoxy groups -OCH3 is 1. The normalized spacial score (nSPS) is 40.8. The first-order valence-corrected chi connectivity index (χ1v) is 18.1. The zero-order valence-corrected chi connectivity index (χ0v) is 29.7. The Morgan fingerprint density at radius 1 is 0.918 bits per heavy atom. The number of fused-ring (bicyclic) bond motifs is 5. The summed E-state index contributed by atoms with van der Waals surface area (Å²) in [7, 11) is 0.822. The van der Waals surface area contributed by atoms with E-state index in [0.717, 1.165) is 20.0 Å². The summed E-state index contributed by atoms with van der Waals surface area (Å²) < 4.78 is 54.8. The van der Waals surface area contributed by atoms with Crippen LogP contribution in [0.3, 0.4) is 0 Å². The van der Waals surface area contributed by atoms with Crippen molar-refractivity contribution in [2.24, 2.45) is 52.3 Å². The van der Waals surface area contributed by atoms with Crippen molar-refractivity contribution in [1.29, 1.82) is 0 Å². The number of carbonyl (C=O) groups is 1. The molecular weight excluding hydrogens is 641 g/mol. The van der Waals surface area contributed by atoms with Crippen molar-refractivity contribution in [2.45, 2.75) is 128 Å². The van der Waals surface area contributed by atoms with E-state index >= 15 is 0 Å². The third-order valence-corrected chi connectivity index (χ3v) is 14.3. The monoisotopic (exact) mass is 698 g/mol. The standard InChI is InChI=1S/C38H57F3O8/c1-21(2)36(20-42,49-33(47)37(48-6,38(39,40)41)23-10-8-7-9-11-23)17-12-22(3)26-19-29(45)30-24-18-28(44)31-32(46)27(43)14-16-34(31,4)25(24)13-15-35(26,30)5/h7-11,21-22,24-32,42-46H,12-20H2,1-6H3/t22-,24-,25+,26-,27+,28?,29?,30?,31?,32+,34-,35-,36-,37+/m1/s1. The van der Waals surface area contributed by atoms with E-state index in [1.165, 1.54) is 30.3 Å². The third-order valence-electron chi connectivity index (χ3n) is 14.3. The molecule has 0 radical (unpaired) electrons. The lowest BCUT2D eigenvalue weighted by molar-refractivity contribution is -0.284. The lowest BCUT2D eigenvalue weighted by Gasteiger charge is -2.63. The molecule has 0 spiro atoms. The van der Waals surface area contributed by atoms with E-state index in [4.69, 9.17) is 9.47 Å². The van der Waals surface area contributed by atoms with Crippen LogP contribution in [0.25, 0.3) is 0 Å². The minimum atomic E-state index is -5.15. The van der Waals surface area contributed by atoms with E-state index in [9.17, 15) is 43.5 Å². The van der Waals surface area contributed by atoms with E-state index in [2.05, 4.69) is 20.8 Å². The smallest absolute Gasteiger partial charge is 0.432 e. The number of halogens is 3. The summed E-state index contributed by atoms with van der Waals surface area (Å²) >= 11 is 0. The summed E-state index contributed by atoms with van der Waals surface area (Å²) in [4.78, 5) is 13.7. The summed E-state index contributed by atoms with van der Waals surface area (Å²) in [5, 5.41) is 55.1. The van der Waals surface area contributed by atoms with Crippen LogP contribution in [0.5, 0.6) is 0 Å². The van der Waals surface area contributed by atoms with Gasteiger partial charge in [-0.3, -0.25) is 0 Å². The van der Waals surface area contributed by atoms with E-state index in [0.29, 0.717) is 32.1 Å². The van der Waals surface area contributed by atoms with Crippen LogP contribution in [0.15, 0.2) is 30.3 Å². The van der Waals surface area contributed by atoms with Crippen molar-refractivity contribution in [3.05, 3.63) is 35.9 Å². The Kier molecular flexibility index (Phi) is 10.7. The Morgan fingerprint density at radius 2 is 1.53 bits per heavy atom. The molecule has 4 unspecified atom stereocenters. The minimum absolute atomic E-state index is 0.0306. The van der Waals surface area contributed by atoms with Gasteiger partial charge in [-0.05, 0) is 97.7 Å². The second kappa shape index (κ2) is 13.7. The van der Waals surface area contributed by atoms with Gasteiger partial charge in [0.1, 0.15) is 5.60 Å². The molecule has 0 heterocycles. The van der Waals surface area contributed by atoms with Gasteiger partial charge in [-0.1, -0.05) is 65.0 Å². The maximum atomic E-state index is 14.7. The molecule has 49 heavy (non-hydrogen) atoms. The Bertz CT molecular complexity index is 1310. The quantitative estimate of drug-likeness (QED) is 0.206. The lowest BCUT2D eigenvalue weighted by atomic mass is 9.43. The number of esters is 1. The van der Waals surface area contributed by atoms with E-state index in [1.807, 2.05) is 0 Å². The van der Waals surface area contributed by atoms with Crippen molar-refractivity contribution >= 4 is 5.97 Å². The topological polar surface area (TPSA) is 137 Å². The highest BCUT2D eigenvalue weighted by Gasteiger charge is 2.67. The molecule has 4 aliphatic carbocycles. The van der Waals surface area contributed by atoms with Gasteiger partial charge in [0.25, 0.3) is 5.60 Å². The van der Waals surface area contributed by atoms with Crippen LogP contribution in [0.1, 0.15) is 91.5 Å². The number of benzene rings is 1. The van der Waals surface area contributed by atoms with Crippen LogP contribution in [-0.4, -0.2) is 81.4 Å². The van der Waals surface area contributed by atoms with Gasteiger partial charge in [0.2, 0.25) is 0 Å². The predicted molar refractivity (Wildman–Crippen MR) is 176 cm³/mol. The molecule has 0 amide bonds. The van der Waals surface area contributed by atoms with E-state index < -0.39 is 71.8 Å². The van der Waals surface area contributed by atoms with Crippen LogP contribution in [0, 0.1) is 52.3 Å². The number of hydrogen-bond donors (Lipinski definition) is 5. The highest BCUT2D eigenvalue weighted by atomic mass is 19.4. The summed E-state index contributed by atoms with van der Waals surface area (Å²) in [6.45, 7) is 9.15. The van der Waals surface area contributed by atoms with Crippen molar-refractivity contribution < 1.29 is 53.0 Å². The molecule has 0 aromatic heterocycles. The molecule has 4 aliphatic rings. The predicted octanol–water partition coefficient (Wildman–Crippen LogP) is 5.37. The lowest BCUT2D eigenvalue weighted by Crippen LogP contribution is -2.63. The molecule has 0 saturated heterocycles. The molecule has 5 rings (SSSR count). The number of ether oxygens (including phenoxy) is 2. The van der Waals surface area contributed by atoms with Gasteiger partial charge >= 0.3 is 12.1 Å². The first-order chi connectivity index (χ1) is 22.8. The number of rotatable bonds is 10. The molecular formula is C38H57F3O8. The molecule has 0 bridgehead atoms. The molecule has 14 atom stereocenters. The van der Waals surface area contributed by atoms with Gasteiger partial charge in [0.05, 0.1) is 31.0 Å². The Morgan fingerprint density at radius 3 is 2.10 bits per heavy atom. The molecule has 1 aromatic rings. The van der Waals surface area contributed by atoms with Gasteiger partial charge < -0.3 is 35.0 Å². The molecule has 1 aromatic carbocycles. The fourth-order valence-corrected chi connectivity index (χ4v) is 11.5. The van der Waals surface area contributed by atoms with Crippen molar-refractivity contribution in [1.82, 2.24) is 0 Å². The summed E-state index contributed by atoms with van der Waals surface area (Å²) in [6.07, 6.45) is -3.97. The fourth-order valence-electron chi connectivity index (χ4n) is 11.5. The van der Waals surface area contributed by atoms with Crippen LogP contribution in [-0.2, 0) is 19.9 Å². The summed E-state index contributed by atoms with van der Waals surface area (Å²) in [6, 6.07) is 6.64. The van der Waals surface area contributed by atoms with Crippen LogP contribution in [0.4, 0.5) is 13.2 Å². The highest BCUT2D eigenvalue weighted by molar-refractivity contribution is 5.83. The molecule has 4 saturated carbocycles. The average molecular weight is 699 g/mol. The van der Waals surface area contributed by atoms with E-state index in [-0.39, 0.29) is 46.8 Å². The number of aliphatic hydroxyl groups is 5. The van der Waals surface area contributed by atoms with Crippen molar-refractivity contribution in [3.8, 4) is 0 Å². The molecule has 11 heteroatoms. The zero-order valence-electron chi connectivity index (χ0n) is 29.7. The van der Waals surface area contributed by atoms with Gasteiger partial charge in [0.15, 0.2) is 0 Å². The zero-order chi connectivity index (χ0) is 36.3. The highest BCUT2D eigenvalue weighted by Crippen LogP contribution is 2.68. The van der Waals surface area contributed by atoms with Crippen LogP contribution in [0.2, 0.25) is 0 Å². The van der Waals surface area contributed by atoms with Gasteiger partial charge in [-0.15, -0.1) is 0 Å². The molecule has 5 N–H and O–H groups in total. The summed E-state index contributed by atoms with van der Waals surface area (Å²) in [5.74, 6) is -2.41. The molecule has 4 fully saturated rings. The molecule has 278 valence electrons. The second-order valence-corrected chi connectivity index (χ2v) is 16.7. The number of carbonyl (C=O) groups excluding carboxylic acids is 1. The molecule has 8 nitrogen and oxygen atoms in total. The van der Waals surface area contributed by atoms with Crippen molar-refractivity contribution in [3.63, 3.8) is 0 Å². The third kappa shape index (κ3) is 6.06. The number of alkyl halides is 3. The van der Waals surface area contributed by atoms with E-state index in [1.54, 1.807) is 13.8 Å². The average Bonchev–Trinajstić information content (AvgIpc) is 3.31. The first kappa shape index (κ1) is 38.5. The van der Waals surface area contributed by atoms with Gasteiger partial charge in [-0.2, -0.15) is 13.2 Å². The Hall–Kier alpha value is -1.76. The van der Waals surface area contributed by atoms with Crippen LogP contribution >= 0.6 is 0 Å². The largest absolute Gasteiger partial charge is 0.454 e. The Balaban J connectivity index is 1.36. The maximum Gasteiger partial charge on any atom is 0.432 e. The van der Waals surface area contributed by atoms with Crippen LogP contribution < -0.4 is 0 Å². The number of hydrogen-bond acceptors (Lipinski definition) is 8. The van der Waals surface area contributed by atoms with Gasteiger partial charge in [-0.25, -0.2) is 4.79 Å². The SMILES string of the molecule is CO[C@](C(=O)O[C@@](CO)(CC[C@@H](C)[C@H]1CC(O)C2[C@@H]3CC(O)C4[C@@H](O)[C@@H](O)CC[C@]4(C)[C@H]3CC[C@@]21C)C(C)C)(c1ccccc1)C(F)(F)F. The summed E-state index contributed by atoms with van der Waals surface area (Å²) in [5.41, 5.74) is -6.05. The van der Waals surface area contributed by atoms with Gasteiger partial charge in [0, 0.05) is 18.6 Å². The fraction of sp³-hybridized carbons (Fsp3) is 0.816. The first-order valence-electron chi connectivity index (χ1n) is 18.1. The minimum Gasteiger partial charge on any atom is -0.454 e. The van der Waals surface area contributed by atoms with Crippen molar-refractivity contribution in [2.75, 3.05) is 13.7 Å².